The lowest BCUT2D eigenvalue weighted by Crippen LogP contribution is -2.01. The Labute approximate surface area is 103 Å². The minimum Gasteiger partial charge on any atom is -0.481 e. The van der Waals surface area contributed by atoms with Crippen molar-refractivity contribution in [2.45, 2.75) is 6.42 Å². The molecule has 0 bridgehead atoms. The largest absolute Gasteiger partial charge is 0.481 e. The van der Waals surface area contributed by atoms with Crippen LogP contribution in [0, 0.1) is 11.8 Å². The fourth-order valence-corrected chi connectivity index (χ4v) is 1.81. The third-order valence-corrected chi connectivity index (χ3v) is 2.92. The highest BCUT2D eigenvalue weighted by Gasteiger charge is 2.13. The van der Waals surface area contributed by atoms with Crippen LogP contribution in [0.2, 0.25) is 0 Å². The molecule has 1 aromatic heterocycles. The van der Waals surface area contributed by atoms with Crippen molar-refractivity contribution in [2.75, 3.05) is 0 Å². The minimum atomic E-state index is -1.01. The molecule has 1 aromatic carbocycles. The van der Waals surface area contributed by atoms with Gasteiger partial charge in [-0.25, -0.2) is 9.37 Å². The summed E-state index contributed by atoms with van der Waals surface area (Å²) in [7, 11) is 0. The third-order valence-electron chi connectivity index (χ3n) is 2.25. The van der Waals surface area contributed by atoms with E-state index >= 15 is 0 Å². The monoisotopic (exact) mass is 301 g/mol. The van der Waals surface area contributed by atoms with Crippen LogP contribution >= 0.6 is 15.9 Å². The van der Waals surface area contributed by atoms with E-state index in [4.69, 9.17) is 5.11 Å². The van der Waals surface area contributed by atoms with Gasteiger partial charge in [0, 0.05) is 5.39 Å². The molecule has 6 heteroatoms. The molecule has 0 amide bonds. The Morgan fingerprint density at radius 2 is 2.12 bits per heavy atom. The molecule has 0 aliphatic rings. The van der Waals surface area contributed by atoms with E-state index in [2.05, 4.69) is 20.9 Å². The number of carboxylic acids is 1. The summed E-state index contributed by atoms with van der Waals surface area (Å²) < 4.78 is 26.5. The second kappa shape index (κ2) is 4.37. The van der Waals surface area contributed by atoms with Gasteiger partial charge in [-0.15, -0.1) is 0 Å². The molecule has 0 fully saturated rings. The van der Waals surface area contributed by atoms with E-state index < -0.39 is 17.7 Å². The summed E-state index contributed by atoms with van der Waals surface area (Å²) in [4.78, 5) is 14.1. The van der Waals surface area contributed by atoms with E-state index in [-0.39, 0.29) is 21.8 Å². The lowest BCUT2D eigenvalue weighted by atomic mass is 10.1. The van der Waals surface area contributed by atoms with Crippen LogP contribution in [0.4, 0.5) is 8.78 Å². The summed E-state index contributed by atoms with van der Waals surface area (Å²) in [5, 5.41) is 8.72. The summed E-state index contributed by atoms with van der Waals surface area (Å²) in [6.07, 6.45) is -0.218. The Bertz CT molecular complexity index is 616. The Kier molecular flexibility index (Phi) is 3.06. The first-order chi connectivity index (χ1) is 7.99. The van der Waals surface area contributed by atoms with E-state index in [0.717, 1.165) is 0 Å². The van der Waals surface area contributed by atoms with Gasteiger partial charge in [-0.3, -0.25) is 4.79 Å². The summed E-state index contributed by atoms with van der Waals surface area (Å²) in [5.74, 6) is -2.72. The molecule has 88 valence electrons. The Hall–Kier alpha value is -1.56. The second-order valence-corrected chi connectivity index (χ2v) is 4.25. The summed E-state index contributed by atoms with van der Waals surface area (Å²) in [5.41, 5.74) is 0.585. The normalized spacial score (nSPS) is 10.8. The van der Waals surface area contributed by atoms with Crippen LogP contribution in [-0.2, 0) is 11.2 Å². The topological polar surface area (TPSA) is 50.2 Å². The number of hydrogen-bond donors (Lipinski definition) is 1. The average Bonchev–Trinajstić information content (AvgIpc) is 2.26. The van der Waals surface area contributed by atoms with Crippen molar-refractivity contribution < 1.29 is 18.7 Å². The van der Waals surface area contributed by atoms with Gasteiger partial charge < -0.3 is 5.11 Å². The Morgan fingerprint density at radius 3 is 2.76 bits per heavy atom. The first-order valence-corrected chi connectivity index (χ1v) is 5.43. The number of carboxylic acid groups (broad SMARTS) is 1. The number of rotatable bonds is 2. The second-order valence-electron chi connectivity index (χ2n) is 3.45. The van der Waals surface area contributed by atoms with Gasteiger partial charge in [0.1, 0.15) is 4.47 Å². The molecule has 0 unspecified atom stereocenters. The third kappa shape index (κ3) is 2.26. The number of halogens is 3. The van der Waals surface area contributed by atoms with Crippen LogP contribution in [0.1, 0.15) is 5.56 Å². The maximum Gasteiger partial charge on any atom is 0.307 e. The van der Waals surface area contributed by atoms with Crippen LogP contribution in [0.25, 0.3) is 10.9 Å². The van der Waals surface area contributed by atoms with Crippen molar-refractivity contribution >= 4 is 32.8 Å². The van der Waals surface area contributed by atoms with Crippen molar-refractivity contribution in [3.05, 3.63) is 40.0 Å². The highest BCUT2D eigenvalue weighted by molar-refractivity contribution is 9.10. The van der Waals surface area contributed by atoms with Crippen molar-refractivity contribution in [3.8, 4) is 0 Å². The molecule has 0 spiro atoms. The molecule has 1 N–H and O–H groups in total. The number of hydrogen-bond acceptors (Lipinski definition) is 2. The van der Waals surface area contributed by atoms with Gasteiger partial charge in [0.25, 0.3) is 0 Å². The highest BCUT2D eigenvalue weighted by Crippen LogP contribution is 2.26. The van der Waals surface area contributed by atoms with Gasteiger partial charge in [0.15, 0.2) is 5.82 Å². The first kappa shape index (κ1) is 11.9. The summed E-state index contributed by atoms with van der Waals surface area (Å²) in [6.45, 7) is 0. The number of aliphatic carboxylic acids is 1. The van der Waals surface area contributed by atoms with Gasteiger partial charge >= 0.3 is 5.97 Å². The lowest BCUT2D eigenvalue weighted by molar-refractivity contribution is -0.136. The number of aromatic nitrogens is 1. The van der Waals surface area contributed by atoms with Crippen molar-refractivity contribution in [2.24, 2.45) is 0 Å². The van der Waals surface area contributed by atoms with E-state index in [0.29, 0.717) is 5.56 Å². The van der Waals surface area contributed by atoms with E-state index in [1.807, 2.05) is 0 Å². The van der Waals surface area contributed by atoms with Crippen molar-refractivity contribution in [1.82, 2.24) is 4.98 Å². The predicted molar refractivity (Wildman–Crippen MR) is 60.7 cm³/mol. The number of benzene rings is 1. The molecule has 2 rings (SSSR count). The van der Waals surface area contributed by atoms with Gasteiger partial charge in [0.05, 0.1) is 11.9 Å². The van der Waals surface area contributed by atoms with Crippen LogP contribution in [0.15, 0.2) is 22.7 Å². The average molecular weight is 302 g/mol. The van der Waals surface area contributed by atoms with Crippen molar-refractivity contribution in [1.29, 1.82) is 0 Å². The fraction of sp³-hybridized carbons (Fsp3) is 0.0909. The molecule has 0 saturated carbocycles. The zero-order valence-corrected chi connectivity index (χ0v) is 9.96. The van der Waals surface area contributed by atoms with Crippen LogP contribution in [0.5, 0.6) is 0 Å². The standard InChI is InChI=1S/C11H6BrF2NO2/c12-9-10(13)6-3-5(4-8(16)17)1-2-7(6)15-11(9)14/h1-3H,4H2,(H,16,17). The minimum absolute atomic E-state index is 0.0945. The molecule has 2 aromatic rings. The molecular weight excluding hydrogens is 296 g/mol. The molecule has 3 nitrogen and oxygen atoms in total. The summed E-state index contributed by atoms with van der Waals surface area (Å²) in [6, 6.07) is 4.23. The van der Waals surface area contributed by atoms with Gasteiger partial charge in [-0.2, -0.15) is 4.39 Å². The summed E-state index contributed by atoms with van der Waals surface area (Å²) >= 11 is 2.75. The zero-order valence-electron chi connectivity index (χ0n) is 8.38. The highest BCUT2D eigenvalue weighted by atomic mass is 79.9. The number of nitrogens with zero attached hydrogens (tertiary/aromatic N) is 1. The molecule has 0 radical (unpaired) electrons. The Morgan fingerprint density at radius 1 is 1.41 bits per heavy atom. The smallest absolute Gasteiger partial charge is 0.307 e. The van der Waals surface area contributed by atoms with Gasteiger partial charge in [-0.05, 0) is 33.6 Å². The molecular formula is C11H6BrF2NO2. The van der Waals surface area contributed by atoms with Gasteiger partial charge in [-0.1, -0.05) is 6.07 Å². The number of carbonyl (C=O) groups is 1. The fourth-order valence-electron chi connectivity index (χ4n) is 1.50. The molecule has 0 aliphatic heterocycles. The molecule has 0 saturated heterocycles. The van der Waals surface area contributed by atoms with Crippen LogP contribution < -0.4 is 0 Å². The van der Waals surface area contributed by atoms with Gasteiger partial charge in [0.2, 0.25) is 5.95 Å². The van der Waals surface area contributed by atoms with E-state index in [1.54, 1.807) is 0 Å². The molecule has 1 heterocycles. The van der Waals surface area contributed by atoms with Crippen molar-refractivity contribution in [3.63, 3.8) is 0 Å². The molecule has 0 atom stereocenters. The SMILES string of the molecule is O=C(O)Cc1ccc2nc(F)c(Br)c(F)c2c1. The maximum atomic E-state index is 13.7. The number of fused-ring (bicyclic) bond motifs is 1. The Balaban J connectivity index is 2.64. The molecule has 17 heavy (non-hydrogen) atoms. The first-order valence-electron chi connectivity index (χ1n) is 4.64. The maximum absolute atomic E-state index is 13.7. The van der Waals surface area contributed by atoms with Crippen LogP contribution in [0.3, 0.4) is 0 Å². The van der Waals surface area contributed by atoms with Crippen LogP contribution in [-0.4, -0.2) is 16.1 Å². The zero-order chi connectivity index (χ0) is 12.6. The number of pyridine rings is 1. The lowest BCUT2D eigenvalue weighted by Gasteiger charge is -2.04. The predicted octanol–water partition coefficient (Wildman–Crippen LogP) is 2.90. The molecule has 0 aliphatic carbocycles. The van der Waals surface area contributed by atoms with E-state index in [1.165, 1.54) is 18.2 Å². The quantitative estimate of drug-likeness (QED) is 0.868. The van der Waals surface area contributed by atoms with E-state index in [9.17, 15) is 13.6 Å².